The number of methoxy groups -OCH3 is 1. The lowest BCUT2D eigenvalue weighted by molar-refractivity contribution is -0.136. The summed E-state index contributed by atoms with van der Waals surface area (Å²) in [7, 11) is 1.48. The molecule has 3 amide bonds. The van der Waals surface area contributed by atoms with Gasteiger partial charge in [0.1, 0.15) is 41.2 Å². The molecule has 2 atom stereocenters. The molecular weight excluding hydrogens is 794 g/mol. The normalized spacial score (nSPS) is 20.1. The largest absolute Gasteiger partial charge is 0.496 e. The third kappa shape index (κ3) is 8.20. The Morgan fingerprint density at radius 3 is 2.40 bits per heavy atom. The number of rotatable bonds is 12. The highest BCUT2D eigenvalue weighted by molar-refractivity contribution is 6.05. The zero-order valence-corrected chi connectivity index (χ0v) is 35.0. The fraction of sp³-hybridized carbons (Fsp3) is 0.422. The van der Waals surface area contributed by atoms with E-state index in [4.69, 9.17) is 15.6 Å². The van der Waals surface area contributed by atoms with Crippen molar-refractivity contribution in [3.63, 3.8) is 0 Å². The molecule has 3 aromatic carbocycles. The van der Waals surface area contributed by atoms with Gasteiger partial charge in [-0.25, -0.2) is 19.0 Å². The molecule has 6 heterocycles. The minimum atomic E-state index is -1.54. The van der Waals surface area contributed by atoms with Gasteiger partial charge in [0.25, 0.3) is 5.91 Å². The third-order valence-electron chi connectivity index (χ3n) is 12.9. The first-order chi connectivity index (χ1) is 29.9. The van der Waals surface area contributed by atoms with Gasteiger partial charge >= 0.3 is 0 Å². The Labute approximate surface area is 358 Å². The van der Waals surface area contributed by atoms with Crippen molar-refractivity contribution in [2.45, 2.75) is 63.5 Å². The molecule has 5 aromatic rings. The van der Waals surface area contributed by atoms with E-state index in [1.807, 2.05) is 41.1 Å². The van der Waals surface area contributed by atoms with Gasteiger partial charge in [-0.05, 0) is 73.7 Å². The number of halogens is 1. The summed E-state index contributed by atoms with van der Waals surface area (Å²) in [5.41, 5.74) is 11.1. The van der Waals surface area contributed by atoms with E-state index in [2.05, 4.69) is 41.4 Å². The number of hydrogen-bond donors (Lipinski definition) is 4. The number of nitrogens with two attached hydrogens (primary N) is 1. The van der Waals surface area contributed by atoms with E-state index < -0.39 is 23.5 Å². The second-order valence-electron chi connectivity index (χ2n) is 16.9. The number of hydrogen-bond acceptors (Lipinski definition) is 13. The molecule has 324 valence electrons. The van der Waals surface area contributed by atoms with Crippen molar-refractivity contribution >= 4 is 40.3 Å². The van der Waals surface area contributed by atoms with E-state index in [0.717, 1.165) is 104 Å². The van der Waals surface area contributed by atoms with Crippen LogP contribution >= 0.6 is 0 Å². The number of piperazine rings is 1. The van der Waals surface area contributed by atoms with Gasteiger partial charge in [-0.1, -0.05) is 24.3 Å². The van der Waals surface area contributed by atoms with Crippen LogP contribution in [0.4, 0.5) is 15.9 Å². The summed E-state index contributed by atoms with van der Waals surface area (Å²) in [6, 6.07) is 17.4. The molecule has 16 nitrogen and oxygen atoms in total. The molecule has 17 heteroatoms. The lowest BCUT2D eigenvalue weighted by Crippen LogP contribution is -2.52. The molecule has 1 unspecified atom stereocenters. The average molecular weight is 846 g/mol. The number of anilines is 2. The van der Waals surface area contributed by atoms with E-state index >= 15 is 0 Å². The number of ether oxygens (including phenoxy) is 1. The third-order valence-corrected chi connectivity index (χ3v) is 12.9. The smallest absolute Gasteiger partial charge is 0.255 e. The number of carbonyl (C=O) groups is 3. The van der Waals surface area contributed by atoms with Crippen LogP contribution in [-0.4, -0.2) is 123 Å². The molecule has 2 aromatic heterocycles. The van der Waals surface area contributed by atoms with Gasteiger partial charge in [0, 0.05) is 94.2 Å². The van der Waals surface area contributed by atoms with Crippen LogP contribution in [0.15, 0.2) is 67.0 Å². The highest BCUT2D eigenvalue weighted by Gasteiger charge is 2.39. The molecule has 4 aliphatic heterocycles. The van der Waals surface area contributed by atoms with E-state index in [1.165, 1.54) is 31.6 Å². The first-order valence-electron chi connectivity index (χ1n) is 21.3. The van der Waals surface area contributed by atoms with Crippen molar-refractivity contribution in [1.82, 2.24) is 45.1 Å². The summed E-state index contributed by atoms with van der Waals surface area (Å²) in [5, 5.41) is 22.5. The number of aliphatic hydroxyl groups is 1. The average Bonchev–Trinajstić information content (AvgIpc) is 3.83. The van der Waals surface area contributed by atoms with Crippen LogP contribution in [0.5, 0.6) is 5.75 Å². The fourth-order valence-corrected chi connectivity index (χ4v) is 9.32. The van der Waals surface area contributed by atoms with Crippen LogP contribution < -0.4 is 26.0 Å². The Bertz CT molecular complexity index is 2500. The summed E-state index contributed by atoms with van der Waals surface area (Å²) in [6.07, 6.45) is 3.94. The second-order valence-corrected chi connectivity index (χ2v) is 16.9. The quantitative estimate of drug-likeness (QED) is 0.106. The SMILES string of the molecule is COc1ccc(F)cc1C(C)(O)NCc1ccc(-c2nn(C3CCN(CCN4CCN(c5ccc6c(c5)CN([C@H]5CCC(=O)NC5=O)C6=O)CC4)CC3)c3ncnc(N)c23)cc1. The van der Waals surface area contributed by atoms with Gasteiger partial charge in [0.2, 0.25) is 11.8 Å². The number of amides is 3. The van der Waals surface area contributed by atoms with Crippen LogP contribution in [0.1, 0.15) is 65.7 Å². The number of benzene rings is 3. The van der Waals surface area contributed by atoms with Gasteiger partial charge in [-0.15, -0.1) is 0 Å². The van der Waals surface area contributed by atoms with Gasteiger partial charge in [0.05, 0.1) is 18.5 Å². The number of fused-ring (bicyclic) bond motifs is 2. The zero-order valence-electron chi connectivity index (χ0n) is 35.0. The van der Waals surface area contributed by atoms with Gasteiger partial charge in [0.15, 0.2) is 5.65 Å². The number of nitrogens with one attached hydrogen (secondary N) is 2. The Hall–Kier alpha value is -6.01. The van der Waals surface area contributed by atoms with Gasteiger partial charge in [-0.2, -0.15) is 5.10 Å². The maximum atomic E-state index is 14.0. The fourth-order valence-electron chi connectivity index (χ4n) is 9.32. The van der Waals surface area contributed by atoms with Crippen molar-refractivity contribution < 1.29 is 28.6 Å². The molecule has 4 aliphatic rings. The number of imide groups is 1. The van der Waals surface area contributed by atoms with Gasteiger partial charge < -0.3 is 30.3 Å². The van der Waals surface area contributed by atoms with Crippen molar-refractivity contribution in [3.05, 3.63) is 95.1 Å². The predicted molar refractivity (Wildman–Crippen MR) is 230 cm³/mol. The number of nitrogens with zero attached hydrogens (tertiary/aromatic N) is 8. The van der Waals surface area contributed by atoms with Crippen LogP contribution in [0.25, 0.3) is 22.3 Å². The number of likely N-dealkylation sites (tertiary alicyclic amines) is 1. The second kappa shape index (κ2) is 17.0. The highest BCUT2D eigenvalue weighted by Crippen LogP contribution is 2.36. The maximum Gasteiger partial charge on any atom is 0.255 e. The molecule has 3 saturated heterocycles. The van der Waals surface area contributed by atoms with Crippen LogP contribution in [0.3, 0.4) is 0 Å². The summed E-state index contributed by atoms with van der Waals surface area (Å²) < 4.78 is 21.4. The summed E-state index contributed by atoms with van der Waals surface area (Å²) >= 11 is 0. The summed E-state index contributed by atoms with van der Waals surface area (Å²) in [6.45, 7) is 9.78. The molecule has 0 bridgehead atoms. The number of nitrogen functional groups attached to an aromatic ring is 1. The molecule has 3 fully saturated rings. The summed E-state index contributed by atoms with van der Waals surface area (Å²) in [4.78, 5) is 55.3. The Kier molecular flexibility index (Phi) is 11.4. The molecule has 62 heavy (non-hydrogen) atoms. The Morgan fingerprint density at radius 2 is 1.68 bits per heavy atom. The van der Waals surface area contributed by atoms with Crippen LogP contribution in [-0.2, 0) is 28.4 Å². The van der Waals surface area contributed by atoms with Crippen LogP contribution in [0, 0.1) is 5.82 Å². The molecule has 0 radical (unpaired) electrons. The molecule has 0 aliphatic carbocycles. The molecule has 0 saturated carbocycles. The van der Waals surface area contributed by atoms with E-state index in [0.29, 0.717) is 42.2 Å². The minimum Gasteiger partial charge on any atom is -0.496 e. The number of piperidine rings is 2. The predicted octanol–water partition coefficient (Wildman–Crippen LogP) is 3.40. The maximum absolute atomic E-state index is 14.0. The van der Waals surface area contributed by atoms with Crippen molar-refractivity contribution in [3.8, 4) is 17.0 Å². The molecule has 0 spiro atoms. The number of aromatic nitrogens is 4. The van der Waals surface area contributed by atoms with E-state index in [-0.39, 0.29) is 24.3 Å². The minimum absolute atomic E-state index is 0.149. The lowest BCUT2D eigenvalue weighted by Gasteiger charge is -2.38. The number of carbonyl (C=O) groups excluding carboxylic acids is 3. The molecule has 9 rings (SSSR count). The first kappa shape index (κ1) is 41.3. The Morgan fingerprint density at radius 1 is 0.935 bits per heavy atom. The standard InChI is InChI=1S/C45H52FN11O5/c1-45(61,35-24-31(46)7-11-37(35)62-2)50-25-28-3-5-29(6-4-28)40-39-41(47)48-27-49-42(39)57(52-40)32-13-15-53(16-14-32)17-18-54-19-21-55(22-20-54)33-8-9-34-30(23-33)26-56(44(34)60)36-10-12-38(58)51-43(36)59/h3-9,11,23-24,27,32,36,50,61H,10,12-22,25-26H2,1-2H3,(H2,47,48,49)(H,51,58,59)/t36-,45?/m0/s1. The topological polar surface area (TPSA) is 187 Å². The molecule has 5 N–H and O–H groups in total. The molecular formula is C45H52FN11O5. The van der Waals surface area contributed by atoms with E-state index in [9.17, 15) is 23.9 Å². The van der Waals surface area contributed by atoms with Crippen molar-refractivity contribution in [2.24, 2.45) is 0 Å². The van der Waals surface area contributed by atoms with Crippen LogP contribution in [0.2, 0.25) is 0 Å². The monoisotopic (exact) mass is 845 g/mol. The van der Waals surface area contributed by atoms with Gasteiger partial charge in [-0.3, -0.25) is 29.9 Å². The van der Waals surface area contributed by atoms with E-state index in [1.54, 1.807) is 11.8 Å². The van der Waals surface area contributed by atoms with Crippen molar-refractivity contribution in [2.75, 3.05) is 70.1 Å². The zero-order chi connectivity index (χ0) is 43.1. The highest BCUT2D eigenvalue weighted by atomic mass is 19.1. The lowest BCUT2D eigenvalue weighted by atomic mass is 10.0. The summed E-state index contributed by atoms with van der Waals surface area (Å²) in [5.74, 6) is -0.529. The Balaban J connectivity index is 0.773. The first-order valence-corrected chi connectivity index (χ1v) is 21.3. The van der Waals surface area contributed by atoms with Crippen molar-refractivity contribution in [1.29, 1.82) is 0 Å².